The molecule has 0 aliphatic carbocycles. The second-order valence-electron chi connectivity index (χ2n) is 12.6. The van der Waals surface area contributed by atoms with Crippen LogP contribution in [-0.4, -0.2) is 48.2 Å². The number of hydrogen-bond acceptors (Lipinski definition) is 1. The molecule has 2 fully saturated rings. The second kappa shape index (κ2) is 12.1. The first-order valence-corrected chi connectivity index (χ1v) is 13.0. The molecule has 0 saturated carbocycles. The minimum Gasteiger partial charge on any atom is -1.00 e. The Bertz CT molecular complexity index is 955. The monoisotopic (exact) mass is 510 g/mol. The van der Waals surface area contributed by atoms with Gasteiger partial charge in [0.15, 0.2) is 12.7 Å². The van der Waals surface area contributed by atoms with E-state index < -0.39 is 0 Å². The van der Waals surface area contributed by atoms with Crippen molar-refractivity contribution in [3.05, 3.63) is 58.9 Å². The van der Waals surface area contributed by atoms with Gasteiger partial charge in [-0.1, -0.05) is 59.4 Å². The predicted octanol–water partition coefficient (Wildman–Crippen LogP) is -1.41. The molecule has 3 unspecified atom stereocenters. The average molecular weight is 511 g/mol. The first kappa shape index (κ1) is 30.4. The number of hydrogen-bond donors (Lipinski definition) is 2. The van der Waals surface area contributed by atoms with E-state index in [0.717, 1.165) is 24.2 Å². The molecule has 0 spiro atoms. The molecule has 2 aliphatic heterocycles. The first-order chi connectivity index (χ1) is 15.5. The van der Waals surface area contributed by atoms with Crippen LogP contribution in [0.2, 0.25) is 0 Å². The van der Waals surface area contributed by atoms with Crippen LogP contribution in [-0.2, 0) is 23.9 Å². The smallest absolute Gasteiger partial charge is 1.00 e. The standard InChI is InChI=1S/C29H43N3O.ClH.Mg/c1-28(2,3)22-17-21(27(33)24(18-22)29(4,5)6)19-31-15-9-12-25(31)26-13-10-16-32(26)20-23-11-7-8-14-30-23;;/h7-8,11,14,17-18,25-26,33H,9-10,12-13,15-16,19-20H2,1-6H3;1H;/q;;+2/p+1/t25?,26-;;/m1../s1. The molecule has 4 rings (SSSR count). The van der Waals surface area contributed by atoms with Gasteiger partial charge in [0, 0.05) is 37.8 Å². The van der Waals surface area contributed by atoms with Gasteiger partial charge in [0.1, 0.15) is 18.6 Å². The molecule has 6 heteroatoms. The van der Waals surface area contributed by atoms with E-state index in [-0.39, 0.29) is 52.0 Å². The molecule has 0 bridgehead atoms. The van der Waals surface area contributed by atoms with Gasteiger partial charge in [-0.2, -0.15) is 0 Å². The van der Waals surface area contributed by atoms with Crippen molar-refractivity contribution in [1.82, 2.24) is 0 Å². The fraction of sp³-hybridized carbons (Fsp3) is 0.621. The number of rotatable bonds is 5. The van der Waals surface area contributed by atoms with Gasteiger partial charge in [-0.25, -0.2) is 4.98 Å². The van der Waals surface area contributed by atoms with Crippen molar-refractivity contribution in [2.45, 2.75) is 103 Å². The van der Waals surface area contributed by atoms with Crippen LogP contribution in [0.4, 0.5) is 0 Å². The fourth-order valence-electron chi connectivity index (χ4n) is 6.13. The number of nitrogens with one attached hydrogen (secondary N) is 3. The molecule has 2 aliphatic rings. The second-order valence-corrected chi connectivity index (χ2v) is 12.6. The van der Waals surface area contributed by atoms with Crippen molar-refractivity contribution in [1.29, 1.82) is 0 Å². The van der Waals surface area contributed by atoms with Crippen LogP contribution in [0.5, 0.6) is 5.75 Å². The quantitative estimate of drug-likeness (QED) is 0.477. The van der Waals surface area contributed by atoms with Gasteiger partial charge in [0.25, 0.3) is 0 Å². The summed E-state index contributed by atoms with van der Waals surface area (Å²) in [5.41, 5.74) is 4.54. The summed E-state index contributed by atoms with van der Waals surface area (Å²) >= 11 is 0. The Morgan fingerprint density at radius 2 is 1.49 bits per heavy atom. The van der Waals surface area contributed by atoms with Crippen LogP contribution < -0.4 is 32.3 Å². The molecule has 3 heterocycles. The van der Waals surface area contributed by atoms with Crippen molar-refractivity contribution >= 4 is 23.1 Å². The van der Waals surface area contributed by atoms with Crippen LogP contribution in [0.25, 0.3) is 0 Å². The Kier molecular flexibility index (Phi) is 10.5. The summed E-state index contributed by atoms with van der Waals surface area (Å²) in [7, 11) is 0. The Morgan fingerprint density at radius 3 is 2.00 bits per heavy atom. The first-order valence-electron chi connectivity index (χ1n) is 13.0. The summed E-state index contributed by atoms with van der Waals surface area (Å²) in [5, 5.41) is 13.6. The summed E-state index contributed by atoms with van der Waals surface area (Å²) in [6.07, 6.45) is 7.24. The number of aromatic nitrogens is 1. The molecule has 1 aromatic carbocycles. The zero-order chi connectivity index (χ0) is 23.8. The number of likely N-dealkylation sites (tertiary alicyclic amines) is 2. The summed E-state index contributed by atoms with van der Waals surface area (Å²) in [6.45, 7) is 17.7. The molecule has 3 N–H and O–H groups in total. The number of aromatic amines is 1. The molecule has 2 aromatic rings. The molecule has 4 atom stereocenters. The number of H-pyrrole nitrogens is 1. The van der Waals surface area contributed by atoms with Gasteiger partial charge in [-0.05, 0) is 33.6 Å². The molecule has 0 radical (unpaired) electrons. The third kappa shape index (κ3) is 7.13. The number of halogens is 1. The van der Waals surface area contributed by atoms with E-state index in [9.17, 15) is 5.11 Å². The topological polar surface area (TPSA) is 46.1 Å². The Balaban J connectivity index is 0.00000216. The molecule has 0 amide bonds. The molecule has 1 aromatic heterocycles. The summed E-state index contributed by atoms with van der Waals surface area (Å²) in [6, 6.07) is 12.2. The van der Waals surface area contributed by atoms with Gasteiger partial charge in [0.05, 0.1) is 13.1 Å². The summed E-state index contributed by atoms with van der Waals surface area (Å²) in [5.74, 6) is 0.281. The Labute approximate surface area is 235 Å². The van der Waals surface area contributed by atoms with Crippen LogP contribution in [0.3, 0.4) is 0 Å². The minimum absolute atomic E-state index is 0. The maximum absolute atomic E-state index is 13.6. The number of benzene rings is 1. The van der Waals surface area contributed by atoms with E-state index in [2.05, 4.69) is 76.9 Å². The van der Waals surface area contributed by atoms with Crippen LogP contribution in [0.15, 0.2) is 36.5 Å². The Hall–Kier alpha value is -0.854. The number of quaternary nitrogens is 2. The third-order valence-corrected chi connectivity index (χ3v) is 8.01. The van der Waals surface area contributed by atoms with E-state index in [1.165, 1.54) is 50.0 Å². The van der Waals surface area contributed by atoms with E-state index in [1.54, 1.807) is 9.80 Å². The van der Waals surface area contributed by atoms with Crippen molar-refractivity contribution < 1.29 is 32.3 Å². The maximum atomic E-state index is 13.6. The average Bonchev–Trinajstić information content (AvgIpc) is 3.37. The molecule has 2 saturated heterocycles. The number of pyridine rings is 1. The summed E-state index contributed by atoms with van der Waals surface area (Å²) in [4.78, 5) is 6.80. The molecular formula is C29H45ClMgN3O+3. The SMILES string of the molecule is CC(C)(C)c1cc(C[NH+]2CCCC2[C@H]2CCC[NH+]2Cc2cccc[nH+]2)c([O-])c(C(C)(C)C)c1.[Cl-].[Mg+2]. The van der Waals surface area contributed by atoms with Crippen molar-refractivity contribution in [2.24, 2.45) is 0 Å². The molecule has 4 nitrogen and oxygen atoms in total. The van der Waals surface area contributed by atoms with Crippen molar-refractivity contribution in [3.8, 4) is 5.75 Å². The maximum Gasteiger partial charge on any atom is 2.00 e. The van der Waals surface area contributed by atoms with Gasteiger partial charge >= 0.3 is 23.1 Å². The van der Waals surface area contributed by atoms with Crippen LogP contribution in [0.1, 0.15) is 89.6 Å². The van der Waals surface area contributed by atoms with Gasteiger partial charge < -0.3 is 27.3 Å². The fourth-order valence-corrected chi connectivity index (χ4v) is 6.13. The molecule has 188 valence electrons. The van der Waals surface area contributed by atoms with Crippen LogP contribution in [0, 0.1) is 0 Å². The van der Waals surface area contributed by atoms with Crippen LogP contribution >= 0.6 is 0 Å². The van der Waals surface area contributed by atoms with Crippen molar-refractivity contribution in [3.63, 3.8) is 0 Å². The third-order valence-electron chi connectivity index (χ3n) is 8.01. The normalized spacial score (nSPS) is 24.6. The Morgan fingerprint density at radius 1 is 0.886 bits per heavy atom. The van der Waals surface area contributed by atoms with Gasteiger partial charge in [0.2, 0.25) is 5.69 Å². The van der Waals surface area contributed by atoms with E-state index in [0.29, 0.717) is 12.1 Å². The van der Waals surface area contributed by atoms with E-state index in [1.807, 2.05) is 6.20 Å². The predicted molar refractivity (Wildman–Crippen MR) is 137 cm³/mol. The molecule has 35 heavy (non-hydrogen) atoms. The minimum atomic E-state index is -0.134. The van der Waals surface area contributed by atoms with E-state index >= 15 is 0 Å². The zero-order valence-corrected chi connectivity index (χ0v) is 24.9. The largest absolute Gasteiger partial charge is 2.00 e. The van der Waals surface area contributed by atoms with Gasteiger partial charge in [-0.15, -0.1) is 0 Å². The zero-order valence-electron chi connectivity index (χ0n) is 22.8. The van der Waals surface area contributed by atoms with E-state index in [4.69, 9.17) is 0 Å². The molecular weight excluding hydrogens is 466 g/mol. The van der Waals surface area contributed by atoms with Crippen molar-refractivity contribution in [2.75, 3.05) is 13.1 Å². The van der Waals surface area contributed by atoms with Gasteiger partial charge in [-0.3, -0.25) is 0 Å². The summed E-state index contributed by atoms with van der Waals surface area (Å²) < 4.78 is 0.